The lowest BCUT2D eigenvalue weighted by Gasteiger charge is -2.08. The van der Waals surface area contributed by atoms with E-state index >= 15 is 0 Å². The zero-order chi connectivity index (χ0) is 15.1. The van der Waals surface area contributed by atoms with E-state index in [1.54, 1.807) is 0 Å². The Morgan fingerprint density at radius 1 is 1.05 bits per heavy atom. The van der Waals surface area contributed by atoms with Crippen LogP contribution in [0.25, 0.3) is 0 Å². The summed E-state index contributed by atoms with van der Waals surface area (Å²) in [6.45, 7) is 0.106. The van der Waals surface area contributed by atoms with Crippen LogP contribution < -0.4 is 10.6 Å². The third-order valence-electron chi connectivity index (χ3n) is 2.82. The molecule has 2 aromatic carbocycles. The van der Waals surface area contributed by atoms with Crippen LogP contribution in [0.2, 0.25) is 0 Å². The Bertz CT molecular complexity index is 645. The Balaban J connectivity index is 1.83. The van der Waals surface area contributed by atoms with Gasteiger partial charge in [0.2, 0.25) is 5.91 Å². The van der Waals surface area contributed by atoms with Crippen LogP contribution in [0.1, 0.15) is 5.56 Å². The maximum atomic E-state index is 12.7. The highest BCUT2D eigenvalue weighted by Gasteiger charge is 2.02. The molecular weight excluding hydrogens is 269 g/mol. The first kappa shape index (κ1) is 14.5. The molecule has 0 atom stereocenters. The quantitative estimate of drug-likeness (QED) is 0.886. The topological polar surface area (TPSA) is 64.9 Å². The Kier molecular flexibility index (Phi) is 4.89. The third kappa shape index (κ3) is 4.62. The predicted octanol–water partition coefficient (Wildman–Crippen LogP) is 2.94. The first-order chi connectivity index (χ1) is 10.2. The lowest BCUT2D eigenvalue weighted by molar-refractivity contribution is -0.114. The fourth-order valence-corrected chi connectivity index (χ4v) is 1.75. The minimum atomic E-state index is -0.344. The second-order valence-corrected chi connectivity index (χ2v) is 4.44. The van der Waals surface area contributed by atoms with Crippen LogP contribution in [0.15, 0.2) is 48.5 Å². The lowest BCUT2D eigenvalue weighted by atomic mass is 10.1. The maximum Gasteiger partial charge on any atom is 0.243 e. The molecule has 106 valence electrons. The van der Waals surface area contributed by atoms with E-state index in [-0.39, 0.29) is 18.3 Å². The molecule has 0 aliphatic carbocycles. The smallest absolute Gasteiger partial charge is 0.243 e. The molecule has 2 N–H and O–H groups in total. The molecule has 0 heterocycles. The van der Waals surface area contributed by atoms with E-state index in [4.69, 9.17) is 5.26 Å². The van der Waals surface area contributed by atoms with Crippen LogP contribution in [0.5, 0.6) is 0 Å². The van der Waals surface area contributed by atoms with Gasteiger partial charge in [-0.25, -0.2) is 4.39 Å². The van der Waals surface area contributed by atoms with Crippen LogP contribution in [0.4, 0.5) is 15.8 Å². The van der Waals surface area contributed by atoms with Gasteiger partial charge in [0.1, 0.15) is 5.82 Å². The van der Waals surface area contributed by atoms with Gasteiger partial charge in [0.25, 0.3) is 0 Å². The van der Waals surface area contributed by atoms with E-state index in [1.165, 1.54) is 24.3 Å². The summed E-state index contributed by atoms with van der Waals surface area (Å²) >= 11 is 0. The summed E-state index contributed by atoms with van der Waals surface area (Å²) in [5, 5.41) is 14.2. The molecule has 2 rings (SSSR count). The molecule has 0 unspecified atom stereocenters. The van der Waals surface area contributed by atoms with Crippen molar-refractivity contribution in [1.29, 1.82) is 5.26 Å². The standard InChI is InChI=1S/C16H14FN3O/c17-13-3-7-15(8-4-13)20-16(21)11-19-14-5-1-12(2-6-14)9-10-18/h1-8,19H,9,11H2,(H,20,21). The monoisotopic (exact) mass is 283 g/mol. The summed E-state index contributed by atoms with van der Waals surface area (Å²) in [7, 11) is 0. The van der Waals surface area contributed by atoms with Gasteiger partial charge in [0.05, 0.1) is 19.0 Å². The second kappa shape index (κ2) is 7.06. The zero-order valence-corrected chi connectivity index (χ0v) is 11.3. The first-order valence-electron chi connectivity index (χ1n) is 6.42. The van der Waals surface area contributed by atoms with Crippen molar-refractivity contribution in [3.63, 3.8) is 0 Å². The van der Waals surface area contributed by atoms with Crippen LogP contribution in [0, 0.1) is 17.1 Å². The second-order valence-electron chi connectivity index (χ2n) is 4.44. The molecule has 21 heavy (non-hydrogen) atoms. The fraction of sp³-hybridized carbons (Fsp3) is 0.125. The highest BCUT2D eigenvalue weighted by molar-refractivity contribution is 5.93. The van der Waals surface area contributed by atoms with E-state index in [1.807, 2.05) is 24.3 Å². The Morgan fingerprint density at radius 2 is 1.67 bits per heavy atom. The number of hydrogen-bond acceptors (Lipinski definition) is 3. The minimum absolute atomic E-state index is 0.106. The molecule has 0 saturated heterocycles. The average Bonchev–Trinajstić information content (AvgIpc) is 2.49. The Morgan fingerprint density at radius 3 is 2.29 bits per heavy atom. The van der Waals surface area contributed by atoms with Crippen molar-refractivity contribution >= 4 is 17.3 Å². The number of anilines is 2. The van der Waals surface area contributed by atoms with Gasteiger partial charge in [-0.3, -0.25) is 4.79 Å². The molecule has 0 radical (unpaired) electrons. The van der Waals surface area contributed by atoms with Gasteiger partial charge in [-0.15, -0.1) is 0 Å². The number of nitrogens with one attached hydrogen (secondary N) is 2. The van der Waals surface area contributed by atoms with Crippen molar-refractivity contribution in [1.82, 2.24) is 0 Å². The summed E-state index contributed by atoms with van der Waals surface area (Å²) in [5.74, 6) is -0.564. The van der Waals surface area contributed by atoms with Crippen molar-refractivity contribution in [2.24, 2.45) is 0 Å². The van der Waals surface area contributed by atoms with Gasteiger partial charge in [-0.2, -0.15) is 5.26 Å². The molecule has 0 saturated carbocycles. The van der Waals surface area contributed by atoms with Crippen LogP contribution in [0.3, 0.4) is 0 Å². The lowest BCUT2D eigenvalue weighted by Crippen LogP contribution is -2.21. The van der Waals surface area contributed by atoms with Crippen molar-refractivity contribution in [2.75, 3.05) is 17.2 Å². The minimum Gasteiger partial charge on any atom is -0.376 e. The Labute approximate surface area is 122 Å². The molecule has 2 aromatic rings. The molecule has 0 fully saturated rings. The normalized spacial score (nSPS) is 9.71. The number of carbonyl (C=O) groups excluding carboxylic acids is 1. The largest absolute Gasteiger partial charge is 0.376 e. The summed E-state index contributed by atoms with van der Waals surface area (Å²) in [4.78, 5) is 11.7. The van der Waals surface area contributed by atoms with E-state index in [0.29, 0.717) is 12.1 Å². The van der Waals surface area contributed by atoms with Gasteiger partial charge in [0, 0.05) is 11.4 Å². The molecule has 5 heteroatoms. The summed E-state index contributed by atoms with van der Waals surface area (Å²) in [6.07, 6.45) is 0.366. The molecule has 0 aliphatic rings. The fourth-order valence-electron chi connectivity index (χ4n) is 1.75. The summed E-state index contributed by atoms with van der Waals surface area (Å²) < 4.78 is 12.7. The van der Waals surface area contributed by atoms with Gasteiger partial charge < -0.3 is 10.6 Å². The number of carbonyl (C=O) groups is 1. The molecule has 4 nitrogen and oxygen atoms in total. The van der Waals surface area contributed by atoms with Crippen molar-refractivity contribution in [3.05, 3.63) is 59.9 Å². The zero-order valence-electron chi connectivity index (χ0n) is 11.3. The number of benzene rings is 2. The number of nitriles is 1. The van der Waals surface area contributed by atoms with Crippen molar-refractivity contribution in [2.45, 2.75) is 6.42 Å². The van der Waals surface area contributed by atoms with E-state index in [0.717, 1.165) is 11.3 Å². The summed E-state index contributed by atoms with van der Waals surface area (Å²) in [5.41, 5.74) is 2.28. The van der Waals surface area contributed by atoms with Gasteiger partial charge in [0.15, 0.2) is 0 Å². The van der Waals surface area contributed by atoms with Gasteiger partial charge in [-0.05, 0) is 42.0 Å². The van der Waals surface area contributed by atoms with Crippen LogP contribution >= 0.6 is 0 Å². The third-order valence-corrected chi connectivity index (χ3v) is 2.82. The molecule has 0 aliphatic heterocycles. The first-order valence-corrected chi connectivity index (χ1v) is 6.42. The van der Waals surface area contributed by atoms with Crippen molar-refractivity contribution < 1.29 is 9.18 Å². The number of halogens is 1. The molecule has 0 bridgehead atoms. The molecule has 0 aromatic heterocycles. The van der Waals surface area contributed by atoms with Crippen LogP contribution in [-0.2, 0) is 11.2 Å². The SMILES string of the molecule is N#CCc1ccc(NCC(=O)Nc2ccc(F)cc2)cc1. The number of hydrogen-bond donors (Lipinski definition) is 2. The van der Waals surface area contributed by atoms with E-state index in [2.05, 4.69) is 16.7 Å². The highest BCUT2D eigenvalue weighted by Crippen LogP contribution is 2.10. The molecular formula is C16H14FN3O. The number of amides is 1. The number of rotatable bonds is 5. The van der Waals surface area contributed by atoms with Crippen LogP contribution in [-0.4, -0.2) is 12.5 Å². The highest BCUT2D eigenvalue weighted by atomic mass is 19.1. The van der Waals surface area contributed by atoms with Gasteiger partial charge in [-0.1, -0.05) is 12.1 Å². The van der Waals surface area contributed by atoms with Crippen molar-refractivity contribution in [3.8, 4) is 6.07 Å². The van der Waals surface area contributed by atoms with E-state index < -0.39 is 0 Å². The molecule has 1 amide bonds. The average molecular weight is 283 g/mol. The molecule has 0 spiro atoms. The predicted molar refractivity (Wildman–Crippen MR) is 79.3 cm³/mol. The summed E-state index contributed by atoms with van der Waals surface area (Å²) in [6, 6.07) is 15.0. The van der Waals surface area contributed by atoms with Gasteiger partial charge >= 0.3 is 0 Å². The Hall–Kier alpha value is -2.87. The van der Waals surface area contributed by atoms with E-state index in [9.17, 15) is 9.18 Å². The number of nitrogens with zero attached hydrogens (tertiary/aromatic N) is 1. The maximum absolute atomic E-state index is 12.7.